The van der Waals surface area contributed by atoms with Gasteiger partial charge in [0.2, 0.25) is 0 Å². The van der Waals surface area contributed by atoms with E-state index in [1.54, 1.807) is 6.07 Å². The fourth-order valence-corrected chi connectivity index (χ4v) is 2.09. The first-order chi connectivity index (χ1) is 8.58. The number of anilines is 1. The van der Waals surface area contributed by atoms with Crippen LogP contribution in [0.15, 0.2) is 12.1 Å². The zero-order chi connectivity index (χ0) is 13.1. The molecule has 1 aliphatic rings. The highest BCUT2D eigenvalue weighted by Gasteiger charge is 2.19. The predicted octanol–water partition coefficient (Wildman–Crippen LogP) is 2.66. The van der Waals surface area contributed by atoms with E-state index in [2.05, 4.69) is 5.32 Å². The van der Waals surface area contributed by atoms with Gasteiger partial charge in [-0.1, -0.05) is 0 Å². The van der Waals surface area contributed by atoms with Crippen LogP contribution < -0.4 is 5.32 Å². The third kappa shape index (κ3) is 2.79. The molecule has 98 valence electrons. The van der Waals surface area contributed by atoms with Gasteiger partial charge in [0.25, 0.3) is 5.69 Å². The molecule has 0 bridgehead atoms. The largest absolute Gasteiger partial charge is 0.381 e. The number of benzene rings is 1. The molecule has 0 radical (unpaired) electrons. The van der Waals surface area contributed by atoms with Crippen LogP contribution in [0.1, 0.15) is 17.5 Å². The summed E-state index contributed by atoms with van der Waals surface area (Å²) in [6, 6.07) is 3.48. The summed E-state index contributed by atoms with van der Waals surface area (Å²) in [6.07, 6.45) is 1.02. The maximum Gasteiger partial charge on any atom is 0.292 e. The summed E-state index contributed by atoms with van der Waals surface area (Å²) in [7, 11) is 0. The molecule has 0 amide bonds. The Morgan fingerprint density at radius 1 is 1.44 bits per heavy atom. The van der Waals surface area contributed by atoms with Gasteiger partial charge < -0.3 is 10.1 Å². The molecular formula is C13H18N2O3. The Labute approximate surface area is 106 Å². The molecule has 5 nitrogen and oxygen atoms in total. The highest BCUT2D eigenvalue weighted by molar-refractivity contribution is 5.64. The number of hydrogen-bond acceptors (Lipinski definition) is 4. The zero-order valence-electron chi connectivity index (χ0n) is 10.7. The van der Waals surface area contributed by atoms with E-state index in [9.17, 15) is 10.1 Å². The Kier molecular flexibility index (Phi) is 3.81. The van der Waals surface area contributed by atoms with Gasteiger partial charge in [-0.2, -0.15) is 0 Å². The molecular weight excluding hydrogens is 232 g/mol. The standard InChI is InChI=1S/C13H18N2O3/c1-9-5-12(13(15(16)17)6-10(9)2)14-7-11-3-4-18-8-11/h5-6,11,14H,3-4,7-8H2,1-2H3. The first kappa shape index (κ1) is 12.8. The molecule has 0 saturated carbocycles. The van der Waals surface area contributed by atoms with Crippen molar-refractivity contribution in [1.82, 2.24) is 0 Å². The van der Waals surface area contributed by atoms with Crippen molar-refractivity contribution in [2.75, 3.05) is 25.1 Å². The minimum Gasteiger partial charge on any atom is -0.381 e. The third-order valence-electron chi connectivity index (χ3n) is 3.41. The Balaban J connectivity index is 2.14. The fourth-order valence-electron chi connectivity index (χ4n) is 2.09. The lowest BCUT2D eigenvalue weighted by atomic mass is 10.1. The summed E-state index contributed by atoms with van der Waals surface area (Å²) in [5, 5.41) is 14.2. The van der Waals surface area contributed by atoms with Crippen LogP contribution in [0.5, 0.6) is 0 Å². The van der Waals surface area contributed by atoms with Crippen molar-refractivity contribution in [3.63, 3.8) is 0 Å². The van der Waals surface area contributed by atoms with Crippen LogP contribution in [-0.4, -0.2) is 24.7 Å². The molecule has 1 heterocycles. The van der Waals surface area contributed by atoms with E-state index in [1.807, 2.05) is 19.9 Å². The van der Waals surface area contributed by atoms with E-state index < -0.39 is 0 Å². The Morgan fingerprint density at radius 3 is 2.78 bits per heavy atom. The molecule has 18 heavy (non-hydrogen) atoms. The summed E-state index contributed by atoms with van der Waals surface area (Å²) in [4.78, 5) is 10.7. The Morgan fingerprint density at radius 2 is 2.17 bits per heavy atom. The van der Waals surface area contributed by atoms with Crippen LogP contribution in [0.3, 0.4) is 0 Å². The van der Waals surface area contributed by atoms with Crippen LogP contribution in [-0.2, 0) is 4.74 Å². The first-order valence-electron chi connectivity index (χ1n) is 6.15. The van der Waals surface area contributed by atoms with Crippen LogP contribution in [0.25, 0.3) is 0 Å². The number of aryl methyl sites for hydroxylation is 2. The molecule has 1 aromatic rings. The third-order valence-corrected chi connectivity index (χ3v) is 3.41. The smallest absolute Gasteiger partial charge is 0.292 e. The maximum atomic E-state index is 11.0. The van der Waals surface area contributed by atoms with Gasteiger partial charge in [0.1, 0.15) is 5.69 Å². The quantitative estimate of drug-likeness (QED) is 0.659. The van der Waals surface area contributed by atoms with E-state index in [1.165, 1.54) is 0 Å². The minimum absolute atomic E-state index is 0.150. The monoisotopic (exact) mass is 250 g/mol. The van der Waals surface area contributed by atoms with Crippen molar-refractivity contribution in [2.45, 2.75) is 20.3 Å². The summed E-state index contributed by atoms with van der Waals surface area (Å²) < 4.78 is 5.29. The van der Waals surface area contributed by atoms with E-state index in [0.717, 1.165) is 37.3 Å². The molecule has 1 aliphatic heterocycles. The van der Waals surface area contributed by atoms with Gasteiger partial charge in [0.15, 0.2) is 0 Å². The number of nitro benzene ring substituents is 1. The SMILES string of the molecule is Cc1cc(NCC2CCOC2)c([N+](=O)[O-])cc1C. The second kappa shape index (κ2) is 5.35. The zero-order valence-corrected chi connectivity index (χ0v) is 10.7. The van der Waals surface area contributed by atoms with Crippen molar-refractivity contribution in [2.24, 2.45) is 5.92 Å². The van der Waals surface area contributed by atoms with Crippen LogP contribution in [0.2, 0.25) is 0 Å². The predicted molar refractivity (Wildman–Crippen MR) is 70.0 cm³/mol. The molecule has 0 aliphatic carbocycles. The molecule has 1 unspecified atom stereocenters. The second-order valence-electron chi connectivity index (χ2n) is 4.82. The number of nitro groups is 1. The van der Waals surface area contributed by atoms with Gasteiger partial charge in [-0.15, -0.1) is 0 Å². The molecule has 0 spiro atoms. The average molecular weight is 250 g/mol. The fraction of sp³-hybridized carbons (Fsp3) is 0.538. The number of hydrogen-bond donors (Lipinski definition) is 1. The number of rotatable bonds is 4. The number of nitrogens with zero attached hydrogens (tertiary/aromatic N) is 1. The van der Waals surface area contributed by atoms with Crippen LogP contribution >= 0.6 is 0 Å². The molecule has 1 aromatic carbocycles. The van der Waals surface area contributed by atoms with Crippen molar-refractivity contribution in [3.05, 3.63) is 33.4 Å². The van der Waals surface area contributed by atoms with Crippen molar-refractivity contribution < 1.29 is 9.66 Å². The molecule has 2 rings (SSSR count). The van der Waals surface area contributed by atoms with Gasteiger partial charge in [-0.05, 0) is 37.5 Å². The molecule has 1 N–H and O–H groups in total. The number of ether oxygens (including phenoxy) is 1. The lowest BCUT2D eigenvalue weighted by Crippen LogP contribution is -2.15. The molecule has 1 saturated heterocycles. The van der Waals surface area contributed by atoms with Crippen LogP contribution in [0.4, 0.5) is 11.4 Å². The normalized spacial score (nSPS) is 18.9. The Hall–Kier alpha value is -1.62. The average Bonchev–Trinajstić information content (AvgIpc) is 2.83. The molecule has 0 aromatic heterocycles. The first-order valence-corrected chi connectivity index (χ1v) is 6.15. The maximum absolute atomic E-state index is 11.0. The summed E-state index contributed by atoms with van der Waals surface area (Å²) >= 11 is 0. The lowest BCUT2D eigenvalue weighted by molar-refractivity contribution is -0.384. The second-order valence-corrected chi connectivity index (χ2v) is 4.82. The van der Waals surface area contributed by atoms with E-state index >= 15 is 0 Å². The Bertz CT molecular complexity index is 454. The van der Waals surface area contributed by atoms with Gasteiger partial charge in [0, 0.05) is 25.1 Å². The summed E-state index contributed by atoms with van der Waals surface area (Å²) in [5.74, 6) is 0.450. The highest BCUT2D eigenvalue weighted by atomic mass is 16.6. The van der Waals surface area contributed by atoms with Gasteiger partial charge in [-0.3, -0.25) is 10.1 Å². The summed E-state index contributed by atoms with van der Waals surface area (Å²) in [5.41, 5.74) is 2.76. The van der Waals surface area contributed by atoms with Crippen molar-refractivity contribution in [3.8, 4) is 0 Å². The van der Waals surface area contributed by atoms with Gasteiger partial charge in [0.05, 0.1) is 11.5 Å². The molecule has 5 heteroatoms. The van der Waals surface area contributed by atoms with Gasteiger partial charge >= 0.3 is 0 Å². The van der Waals surface area contributed by atoms with Crippen LogP contribution in [0, 0.1) is 29.9 Å². The van der Waals surface area contributed by atoms with E-state index in [4.69, 9.17) is 4.74 Å². The van der Waals surface area contributed by atoms with E-state index in [-0.39, 0.29) is 10.6 Å². The number of nitrogens with one attached hydrogen (secondary N) is 1. The molecule has 1 atom stereocenters. The van der Waals surface area contributed by atoms with E-state index in [0.29, 0.717) is 11.6 Å². The minimum atomic E-state index is -0.333. The summed E-state index contributed by atoms with van der Waals surface area (Å²) in [6.45, 7) is 6.11. The van der Waals surface area contributed by atoms with Crippen molar-refractivity contribution in [1.29, 1.82) is 0 Å². The molecule has 1 fully saturated rings. The van der Waals surface area contributed by atoms with Gasteiger partial charge in [-0.25, -0.2) is 0 Å². The topological polar surface area (TPSA) is 64.4 Å². The van der Waals surface area contributed by atoms with Crippen molar-refractivity contribution >= 4 is 11.4 Å². The highest BCUT2D eigenvalue weighted by Crippen LogP contribution is 2.28. The lowest BCUT2D eigenvalue weighted by Gasteiger charge is -2.12.